The lowest BCUT2D eigenvalue weighted by Gasteiger charge is -2.30. The Morgan fingerprint density at radius 1 is 1.18 bits per heavy atom. The van der Waals surface area contributed by atoms with Crippen LogP contribution in [0.5, 0.6) is 0 Å². The van der Waals surface area contributed by atoms with Gasteiger partial charge in [0.25, 0.3) is 5.91 Å². The van der Waals surface area contributed by atoms with Crippen LogP contribution in [0, 0.1) is 11.3 Å². The Bertz CT molecular complexity index is 1260. The van der Waals surface area contributed by atoms with Crippen molar-refractivity contribution in [1.29, 1.82) is 0 Å². The summed E-state index contributed by atoms with van der Waals surface area (Å²) in [6.07, 6.45) is 6.37. The molecule has 1 fully saturated rings. The fraction of sp³-hybridized carbons (Fsp3) is 0.458. The molecule has 2 aliphatic rings. The number of nitrogens with one attached hydrogen (secondary N) is 2. The second-order valence-corrected chi connectivity index (χ2v) is 12.4. The minimum Gasteiger partial charge on any atom is -0.318 e. The minimum atomic E-state index is -2.96. The number of hydrogen-bond donors (Lipinski definition) is 2. The van der Waals surface area contributed by atoms with Crippen molar-refractivity contribution in [3.63, 3.8) is 0 Å². The van der Waals surface area contributed by atoms with E-state index in [1.165, 1.54) is 0 Å². The van der Waals surface area contributed by atoms with Crippen LogP contribution in [0.4, 0.5) is 5.69 Å². The average Bonchev–Trinajstić information content (AvgIpc) is 3.44. The number of aromatic amines is 1. The lowest BCUT2D eigenvalue weighted by atomic mass is 9.88. The van der Waals surface area contributed by atoms with E-state index < -0.39 is 9.84 Å². The lowest BCUT2D eigenvalue weighted by Crippen LogP contribution is -2.30. The Morgan fingerprint density at radius 2 is 1.91 bits per heavy atom. The molecule has 1 aliphatic heterocycles. The number of benzene rings is 1. The molecule has 3 aromatic rings. The first-order valence-corrected chi connectivity index (χ1v) is 13.2. The van der Waals surface area contributed by atoms with Crippen LogP contribution in [0.3, 0.4) is 0 Å². The van der Waals surface area contributed by atoms with Gasteiger partial charge in [0.15, 0.2) is 5.69 Å². The van der Waals surface area contributed by atoms with E-state index in [2.05, 4.69) is 34.5 Å². The number of rotatable bonds is 5. The number of H-pyrrole nitrogens is 1. The van der Waals surface area contributed by atoms with Gasteiger partial charge in [0, 0.05) is 17.5 Å². The van der Waals surface area contributed by atoms with Crippen LogP contribution in [0.15, 0.2) is 42.7 Å². The zero-order valence-corrected chi connectivity index (χ0v) is 19.7. The van der Waals surface area contributed by atoms with Gasteiger partial charge in [0.05, 0.1) is 29.4 Å². The molecule has 33 heavy (non-hydrogen) atoms. The fourth-order valence-electron chi connectivity index (χ4n) is 5.21. The minimum absolute atomic E-state index is 0.0946. The first-order chi connectivity index (χ1) is 15.7. The van der Waals surface area contributed by atoms with Crippen molar-refractivity contribution < 1.29 is 13.2 Å². The zero-order chi connectivity index (χ0) is 23.2. The van der Waals surface area contributed by atoms with E-state index in [0.29, 0.717) is 24.2 Å². The number of sulfone groups is 1. The highest BCUT2D eigenvalue weighted by atomic mass is 32.2. The Morgan fingerprint density at radius 3 is 2.64 bits per heavy atom. The molecule has 3 heterocycles. The second-order valence-electron chi connectivity index (χ2n) is 10.1. The Labute approximate surface area is 193 Å². The number of aromatic nitrogens is 4. The van der Waals surface area contributed by atoms with E-state index in [4.69, 9.17) is 0 Å². The molecule has 5 rings (SSSR count). The van der Waals surface area contributed by atoms with E-state index in [0.717, 1.165) is 29.7 Å². The maximum absolute atomic E-state index is 13.0. The highest BCUT2D eigenvalue weighted by Crippen LogP contribution is 2.37. The highest BCUT2D eigenvalue weighted by Gasteiger charge is 2.35. The molecule has 1 saturated heterocycles. The summed E-state index contributed by atoms with van der Waals surface area (Å²) >= 11 is 0. The van der Waals surface area contributed by atoms with Crippen LogP contribution < -0.4 is 5.32 Å². The molecular weight excluding hydrogens is 438 g/mol. The molecule has 1 amide bonds. The third kappa shape index (κ3) is 4.46. The van der Waals surface area contributed by atoms with Gasteiger partial charge in [-0.3, -0.25) is 14.6 Å². The zero-order valence-electron chi connectivity index (χ0n) is 18.9. The summed E-state index contributed by atoms with van der Waals surface area (Å²) < 4.78 is 25.8. The fourth-order valence-corrected chi connectivity index (χ4v) is 6.73. The lowest BCUT2D eigenvalue weighted by molar-refractivity contribution is 0.102. The van der Waals surface area contributed by atoms with Gasteiger partial charge < -0.3 is 5.32 Å². The van der Waals surface area contributed by atoms with Crippen molar-refractivity contribution in [3.8, 4) is 0 Å². The summed E-state index contributed by atoms with van der Waals surface area (Å²) in [4.78, 5) is 13.0. The molecule has 8 nitrogen and oxygen atoms in total. The van der Waals surface area contributed by atoms with E-state index in [1.54, 1.807) is 6.20 Å². The number of amides is 1. The molecule has 9 heteroatoms. The highest BCUT2D eigenvalue weighted by molar-refractivity contribution is 7.91. The number of fused-ring (bicyclic) bond motifs is 1. The molecule has 174 valence electrons. The Balaban J connectivity index is 1.37. The number of nitrogens with zero attached hydrogens (tertiary/aromatic N) is 3. The van der Waals surface area contributed by atoms with Crippen LogP contribution in [-0.2, 0) is 22.7 Å². The standard InChI is InChI=1S/C24H29N5O3S/c1-24(2)12-19-20(13-24)27-28-21(19)23(30)26-18-14-25-29(15-18)22(16-6-4-3-5-7-16)17-8-10-33(31,32)11-9-17/h3-7,14-15,17,22H,8-13H2,1-2H3,(H,26,30)(H,27,28). The van der Waals surface area contributed by atoms with Gasteiger partial charge in [-0.25, -0.2) is 8.42 Å². The maximum atomic E-state index is 13.0. The predicted molar refractivity (Wildman–Crippen MR) is 126 cm³/mol. The van der Waals surface area contributed by atoms with E-state index >= 15 is 0 Å². The largest absolute Gasteiger partial charge is 0.318 e. The SMILES string of the molecule is CC1(C)Cc2[nH]nc(C(=O)Nc3cnn(C(c4ccccc4)C4CCS(=O)(=O)CC4)c3)c2C1. The van der Waals surface area contributed by atoms with Gasteiger partial charge >= 0.3 is 0 Å². The summed E-state index contributed by atoms with van der Waals surface area (Å²) in [6, 6.07) is 9.92. The van der Waals surface area contributed by atoms with Crippen molar-refractivity contribution in [2.45, 2.75) is 45.6 Å². The summed E-state index contributed by atoms with van der Waals surface area (Å²) in [6.45, 7) is 4.37. The number of carbonyl (C=O) groups excluding carboxylic acids is 1. The monoisotopic (exact) mass is 467 g/mol. The normalized spacial score (nSPS) is 20.3. The van der Waals surface area contributed by atoms with Crippen molar-refractivity contribution in [2.24, 2.45) is 11.3 Å². The average molecular weight is 468 g/mol. The third-order valence-corrected chi connectivity index (χ3v) is 8.53. The first-order valence-electron chi connectivity index (χ1n) is 11.4. The predicted octanol–water partition coefficient (Wildman–Crippen LogP) is 3.40. The number of hydrogen-bond acceptors (Lipinski definition) is 5. The Hall–Kier alpha value is -2.94. The van der Waals surface area contributed by atoms with Gasteiger partial charge in [-0.15, -0.1) is 0 Å². The molecule has 0 bridgehead atoms. The van der Waals surface area contributed by atoms with Crippen molar-refractivity contribution in [2.75, 3.05) is 16.8 Å². The molecule has 0 saturated carbocycles. The van der Waals surface area contributed by atoms with Crippen LogP contribution in [0.2, 0.25) is 0 Å². The second kappa shape index (κ2) is 8.13. The summed E-state index contributed by atoms with van der Waals surface area (Å²) in [5, 5.41) is 14.8. The Kier molecular flexibility index (Phi) is 5.39. The summed E-state index contributed by atoms with van der Waals surface area (Å²) in [7, 11) is -2.96. The molecule has 0 spiro atoms. The number of carbonyl (C=O) groups is 1. The molecule has 0 radical (unpaired) electrons. The quantitative estimate of drug-likeness (QED) is 0.598. The van der Waals surface area contributed by atoms with Crippen LogP contribution in [0.1, 0.15) is 60.0 Å². The van der Waals surface area contributed by atoms with Gasteiger partial charge in [-0.1, -0.05) is 44.2 Å². The van der Waals surface area contributed by atoms with Gasteiger partial charge in [0.1, 0.15) is 9.84 Å². The third-order valence-electron chi connectivity index (χ3n) is 6.81. The summed E-state index contributed by atoms with van der Waals surface area (Å²) in [5.41, 5.74) is 4.28. The van der Waals surface area contributed by atoms with E-state index in [1.807, 2.05) is 41.2 Å². The van der Waals surface area contributed by atoms with E-state index in [-0.39, 0.29) is 34.8 Å². The summed E-state index contributed by atoms with van der Waals surface area (Å²) in [5.74, 6) is 0.305. The van der Waals surface area contributed by atoms with Gasteiger partial charge in [-0.2, -0.15) is 10.2 Å². The molecule has 1 atom stereocenters. The maximum Gasteiger partial charge on any atom is 0.276 e. The van der Waals surface area contributed by atoms with E-state index in [9.17, 15) is 13.2 Å². The smallest absolute Gasteiger partial charge is 0.276 e. The molecule has 2 N–H and O–H groups in total. The topological polar surface area (TPSA) is 110 Å². The van der Waals surface area contributed by atoms with Crippen molar-refractivity contribution >= 4 is 21.4 Å². The molecule has 2 aromatic heterocycles. The van der Waals surface area contributed by atoms with Crippen molar-refractivity contribution in [1.82, 2.24) is 20.0 Å². The number of anilines is 1. The molecule has 1 unspecified atom stereocenters. The molecule has 1 aliphatic carbocycles. The van der Waals surface area contributed by atoms with Crippen LogP contribution in [0.25, 0.3) is 0 Å². The van der Waals surface area contributed by atoms with Crippen LogP contribution >= 0.6 is 0 Å². The molecule has 1 aromatic carbocycles. The van der Waals surface area contributed by atoms with Crippen molar-refractivity contribution in [3.05, 3.63) is 65.2 Å². The van der Waals surface area contributed by atoms with Crippen LogP contribution in [-0.4, -0.2) is 45.8 Å². The van der Waals surface area contributed by atoms with Gasteiger partial charge in [-0.05, 0) is 42.6 Å². The van der Waals surface area contributed by atoms with Gasteiger partial charge in [0.2, 0.25) is 0 Å². The molecular formula is C24H29N5O3S. The first kappa shape index (κ1) is 21.9.